The van der Waals surface area contributed by atoms with Gasteiger partial charge in [-0.1, -0.05) is 0 Å². The van der Waals surface area contributed by atoms with E-state index in [9.17, 15) is 9.59 Å². The fourth-order valence-electron chi connectivity index (χ4n) is 3.88. The first-order valence-electron chi connectivity index (χ1n) is 6.98. The summed E-state index contributed by atoms with van der Waals surface area (Å²) in [6.45, 7) is 0.556. The first-order chi connectivity index (χ1) is 8.65. The number of amides is 2. The zero-order chi connectivity index (χ0) is 12.7. The van der Waals surface area contributed by atoms with Crippen molar-refractivity contribution in [2.24, 2.45) is 23.5 Å². The molecule has 2 saturated carbocycles. The molecule has 1 saturated heterocycles. The number of carbonyl (C=O) groups excluding carboxylic acids is 2. The molecule has 2 bridgehead atoms. The zero-order valence-electron chi connectivity index (χ0n) is 10.5. The van der Waals surface area contributed by atoms with Crippen molar-refractivity contribution in [3.05, 3.63) is 0 Å². The van der Waals surface area contributed by atoms with Crippen LogP contribution in [0.15, 0.2) is 0 Å². The van der Waals surface area contributed by atoms with E-state index < -0.39 is 0 Å². The van der Waals surface area contributed by atoms with Crippen LogP contribution in [0.2, 0.25) is 0 Å². The Bertz CT molecular complexity index is 359. The van der Waals surface area contributed by atoms with Gasteiger partial charge in [-0.15, -0.1) is 0 Å². The Morgan fingerprint density at radius 1 is 1.28 bits per heavy atom. The van der Waals surface area contributed by atoms with E-state index in [0.29, 0.717) is 24.8 Å². The zero-order valence-corrected chi connectivity index (χ0v) is 10.5. The first kappa shape index (κ1) is 12.0. The normalized spacial score (nSPS) is 42.7. The second-order valence-electron chi connectivity index (χ2n) is 5.98. The summed E-state index contributed by atoms with van der Waals surface area (Å²) in [7, 11) is 0. The largest absolute Gasteiger partial charge is 0.354 e. The highest BCUT2D eigenvalue weighted by Crippen LogP contribution is 2.47. The number of carbonyl (C=O) groups is 2. The van der Waals surface area contributed by atoms with Gasteiger partial charge in [-0.2, -0.15) is 0 Å². The third-order valence-corrected chi connectivity index (χ3v) is 4.90. The maximum absolute atomic E-state index is 12.3. The van der Waals surface area contributed by atoms with Crippen molar-refractivity contribution in [1.82, 2.24) is 10.6 Å². The van der Waals surface area contributed by atoms with Gasteiger partial charge in [-0.05, 0) is 37.5 Å². The highest BCUT2D eigenvalue weighted by Gasteiger charge is 2.49. The number of hydrogen-bond acceptors (Lipinski definition) is 3. The summed E-state index contributed by atoms with van der Waals surface area (Å²) in [5, 5.41) is 5.85. The van der Waals surface area contributed by atoms with Crippen molar-refractivity contribution in [3.8, 4) is 0 Å². The summed E-state index contributed by atoms with van der Waals surface area (Å²) in [6, 6.07) is 0.128. The molecule has 100 valence electrons. The van der Waals surface area contributed by atoms with E-state index >= 15 is 0 Å². The van der Waals surface area contributed by atoms with E-state index in [1.165, 1.54) is 6.42 Å². The predicted octanol–water partition coefficient (Wildman–Crippen LogP) is -0.245. The Morgan fingerprint density at radius 3 is 2.67 bits per heavy atom. The lowest BCUT2D eigenvalue weighted by atomic mass is 9.84. The summed E-state index contributed by atoms with van der Waals surface area (Å²) in [5.41, 5.74) is 6.16. The van der Waals surface area contributed by atoms with Crippen molar-refractivity contribution < 1.29 is 9.59 Å². The Morgan fingerprint density at radius 2 is 2.06 bits per heavy atom. The third-order valence-electron chi connectivity index (χ3n) is 4.90. The lowest BCUT2D eigenvalue weighted by Crippen LogP contribution is -2.52. The van der Waals surface area contributed by atoms with Crippen molar-refractivity contribution >= 4 is 11.8 Å². The molecular formula is C13H21N3O2. The van der Waals surface area contributed by atoms with Crippen LogP contribution in [0.4, 0.5) is 0 Å². The summed E-state index contributed by atoms with van der Waals surface area (Å²) in [6.07, 6.45) is 4.72. The molecule has 4 N–H and O–H groups in total. The van der Waals surface area contributed by atoms with Gasteiger partial charge in [-0.25, -0.2) is 0 Å². The van der Waals surface area contributed by atoms with Gasteiger partial charge in [0.25, 0.3) is 0 Å². The summed E-state index contributed by atoms with van der Waals surface area (Å²) < 4.78 is 0. The molecule has 5 heteroatoms. The number of nitrogens with one attached hydrogen (secondary N) is 2. The standard InChI is InChI=1S/C13H21N3O2/c14-12-8-2-1-7(5-8)11(12)13(18)16-9-3-4-10(17)15-6-9/h7-9,11-12H,1-6,14H2,(H,15,17)(H,16,18). The Balaban J connectivity index is 1.57. The summed E-state index contributed by atoms with van der Waals surface area (Å²) in [4.78, 5) is 23.4. The topological polar surface area (TPSA) is 84.2 Å². The second kappa shape index (κ2) is 4.53. The van der Waals surface area contributed by atoms with Crippen molar-refractivity contribution in [2.75, 3.05) is 6.54 Å². The molecule has 5 nitrogen and oxygen atoms in total. The second-order valence-corrected chi connectivity index (χ2v) is 5.98. The molecule has 2 amide bonds. The van der Waals surface area contributed by atoms with E-state index in [1.807, 2.05) is 0 Å². The molecule has 0 aromatic heterocycles. The number of fused-ring (bicyclic) bond motifs is 2. The van der Waals surface area contributed by atoms with Crippen LogP contribution in [-0.4, -0.2) is 30.4 Å². The quantitative estimate of drug-likeness (QED) is 0.633. The molecular weight excluding hydrogens is 230 g/mol. The van der Waals surface area contributed by atoms with E-state index in [0.717, 1.165) is 19.3 Å². The van der Waals surface area contributed by atoms with Gasteiger partial charge in [0.15, 0.2) is 0 Å². The fraction of sp³-hybridized carbons (Fsp3) is 0.846. The molecule has 0 aromatic rings. The van der Waals surface area contributed by atoms with Gasteiger partial charge < -0.3 is 16.4 Å². The number of rotatable bonds is 2. The fourth-order valence-corrected chi connectivity index (χ4v) is 3.88. The molecule has 0 radical (unpaired) electrons. The van der Waals surface area contributed by atoms with Gasteiger partial charge in [0, 0.05) is 25.0 Å². The van der Waals surface area contributed by atoms with Crippen molar-refractivity contribution in [3.63, 3.8) is 0 Å². The minimum Gasteiger partial charge on any atom is -0.354 e. The predicted molar refractivity (Wildman–Crippen MR) is 66.5 cm³/mol. The van der Waals surface area contributed by atoms with Gasteiger partial charge in [-0.3, -0.25) is 9.59 Å². The number of nitrogens with two attached hydrogens (primary N) is 1. The van der Waals surface area contributed by atoms with Gasteiger partial charge in [0.1, 0.15) is 0 Å². The van der Waals surface area contributed by atoms with Gasteiger partial charge in [0.2, 0.25) is 11.8 Å². The van der Waals surface area contributed by atoms with Crippen molar-refractivity contribution in [1.29, 1.82) is 0 Å². The lowest BCUT2D eigenvalue weighted by molar-refractivity contribution is -0.129. The van der Waals surface area contributed by atoms with Gasteiger partial charge >= 0.3 is 0 Å². The van der Waals surface area contributed by atoms with E-state index in [-0.39, 0.29) is 29.8 Å². The van der Waals surface area contributed by atoms with Gasteiger partial charge in [0.05, 0.1) is 5.92 Å². The third kappa shape index (κ3) is 2.00. The SMILES string of the molecule is NC1C2CCC(C2)C1C(=O)NC1CCC(=O)NC1. The molecule has 3 rings (SSSR count). The van der Waals surface area contributed by atoms with Crippen molar-refractivity contribution in [2.45, 2.75) is 44.2 Å². The molecule has 3 aliphatic rings. The van der Waals surface area contributed by atoms with E-state index in [4.69, 9.17) is 5.73 Å². The molecule has 18 heavy (non-hydrogen) atoms. The number of hydrogen-bond donors (Lipinski definition) is 3. The monoisotopic (exact) mass is 251 g/mol. The maximum Gasteiger partial charge on any atom is 0.225 e. The highest BCUT2D eigenvalue weighted by molar-refractivity contribution is 5.81. The van der Waals surface area contributed by atoms with Crippen LogP contribution in [-0.2, 0) is 9.59 Å². The molecule has 0 spiro atoms. The Labute approximate surface area is 107 Å². The van der Waals surface area contributed by atoms with Crippen LogP contribution in [0.25, 0.3) is 0 Å². The summed E-state index contributed by atoms with van der Waals surface area (Å²) in [5.74, 6) is 1.23. The first-order valence-corrected chi connectivity index (χ1v) is 6.98. The summed E-state index contributed by atoms with van der Waals surface area (Å²) >= 11 is 0. The van der Waals surface area contributed by atoms with Crippen LogP contribution in [0.5, 0.6) is 0 Å². The van der Waals surface area contributed by atoms with Crippen LogP contribution in [0.1, 0.15) is 32.1 Å². The van der Waals surface area contributed by atoms with Crippen LogP contribution in [0.3, 0.4) is 0 Å². The minimum absolute atomic E-state index is 0.00128. The maximum atomic E-state index is 12.3. The average molecular weight is 251 g/mol. The van der Waals surface area contributed by atoms with Crippen LogP contribution >= 0.6 is 0 Å². The molecule has 5 atom stereocenters. The molecule has 5 unspecified atom stereocenters. The van der Waals surface area contributed by atoms with E-state index in [2.05, 4.69) is 10.6 Å². The highest BCUT2D eigenvalue weighted by atomic mass is 16.2. The molecule has 1 aliphatic heterocycles. The molecule has 3 fully saturated rings. The van der Waals surface area contributed by atoms with Crippen LogP contribution in [0, 0.1) is 17.8 Å². The average Bonchev–Trinajstić information content (AvgIpc) is 2.92. The van der Waals surface area contributed by atoms with E-state index in [1.54, 1.807) is 0 Å². The molecule has 1 heterocycles. The Hall–Kier alpha value is -1.10. The number of piperidine rings is 1. The molecule has 2 aliphatic carbocycles. The van der Waals surface area contributed by atoms with Crippen LogP contribution < -0.4 is 16.4 Å². The lowest BCUT2D eigenvalue weighted by Gasteiger charge is -2.30. The smallest absolute Gasteiger partial charge is 0.225 e. The molecule has 0 aromatic carbocycles. The Kier molecular flexibility index (Phi) is 3.01. The minimum atomic E-state index is 0.00128.